The van der Waals surface area contributed by atoms with Gasteiger partial charge in [0.05, 0.1) is 17.0 Å². The molecule has 0 aliphatic carbocycles. The molecule has 0 saturated carbocycles. The predicted octanol–water partition coefficient (Wildman–Crippen LogP) is 2.67. The van der Waals surface area contributed by atoms with Crippen molar-refractivity contribution in [2.45, 2.75) is 18.9 Å². The van der Waals surface area contributed by atoms with Crippen LogP contribution in [0.2, 0.25) is 0 Å². The molecular formula is C16H20ClN3O2S. The zero-order valence-electron chi connectivity index (χ0n) is 12.9. The van der Waals surface area contributed by atoms with Crippen molar-refractivity contribution in [2.24, 2.45) is 5.73 Å². The summed E-state index contributed by atoms with van der Waals surface area (Å²) in [5.74, 6) is 0.294. The second kappa shape index (κ2) is 7.29. The van der Waals surface area contributed by atoms with Crippen molar-refractivity contribution in [2.75, 3.05) is 16.4 Å². The highest BCUT2D eigenvalue weighted by Crippen LogP contribution is 2.27. The Bertz CT molecular complexity index is 749. The lowest BCUT2D eigenvalue weighted by Gasteiger charge is -2.25. The van der Waals surface area contributed by atoms with Gasteiger partial charge in [0.2, 0.25) is 10.0 Å². The average Bonchev–Trinajstić information content (AvgIpc) is 2.54. The van der Waals surface area contributed by atoms with Gasteiger partial charge in [-0.1, -0.05) is 18.2 Å². The van der Waals surface area contributed by atoms with E-state index in [1.807, 2.05) is 31.2 Å². The lowest BCUT2D eigenvalue weighted by molar-refractivity contribution is 0.581. The van der Waals surface area contributed by atoms with E-state index >= 15 is 0 Å². The van der Waals surface area contributed by atoms with E-state index in [0.717, 1.165) is 5.56 Å². The third-order valence-corrected chi connectivity index (χ3v) is 5.12. The van der Waals surface area contributed by atoms with Gasteiger partial charge in [-0.3, -0.25) is 9.71 Å². The first-order valence-corrected chi connectivity index (χ1v) is 9.41. The number of halogens is 1. The van der Waals surface area contributed by atoms with E-state index in [1.54, 1.807) is 24.4 Å². The van der Waals surface area contributed by atoms with Crippen LogP contribution < -0.4 is 10.5 Å². The van der Waals surface area contributed by atoms with E-state index in [4.69, 9.17) is 17.3 Å². The zero-order valence-corrected chi connectivity index (χ0v) is 14.4. The Morgan fingerprint density at radius 3 is 2.70 bits per heavy atom. The van der Waals surface area contributed by atoms with E-state index in [9.17, 15) is 8.42 Å². The Labute approximate surface area is 141 Å². The maximum Gasteiger partial charge on any atom is 0.232 e. The summed E-state index contributed by atoms with van der Waals surface area (Å²) in [6.07, 6.45) is 2.08. The molecular weight excluding hydrogens is 334 g/mol. The monoisotopic (exact) mass is 353 g/mol. The molecule has 2 aromatic rings. The van der Waals surface area contributed by atoms with Gasteiger partial charge in [0.25, 0.3) is 0 Å². The molecule has 0 fully saturated rings. The molecule has 124 valence electrons. The molecule has 23 heavy (non-hydrogen) atoms. The van der Waals surface area contributed by atoms with E-state index in [1.165, 1.54) is 0 Å². The molecule has 0 amide bonds. The largest absolute Gasteiger partial charge is 0.317 e. The molecule has 1 heterocycles. The minimum atomic E-state index is -3.41. The molecule has 5 nitrogen and oxygen atoms in total. The average molecular weight is 354 g/mol. The number of nitrogens with two attached hydrogens (primary N) is 1. The fourth-order valence-corrected chi connectivity index (χ4v) is 3.60. The van der Waals surface area contributed by atoms with Crippen LogP contribution in [-0.4, -0.2) is 25.0 Å². The first kappa shape index (κ1) is 17.7. The lowest BCUT2D eigenvalue weighted by Crippen LogP contribution is -2.35. The van der Waals surface area contributed by atoms with Gasteiger partial charge in [0, 0.05) is 17.8 Å². The van der Waals surface area contributed by atoms with Gasteiger partial charge in [0.15, 0.2) is 0 Å². The Kier molecular flexibility index (Phi) is 5.62. The molecule has 0 aliphatic rings. The Hall–Kier alpha value is -1.63. The van der Waals surface area contributed by atoms with Crippen molar-refractivity contribution < 1.29 is 8.42 Å². The summed E-state index contributed by atoms with van der Waals surface area (Å²) in [5.41, 5.74) is 7.55. The summed E-state index contributed by atoms with van der Waals surface area (Å²) in [7, 11) is -3.41. The predicted molar refractivity (Wildman–Crippen MR) is 94.1 cm³/mol. The second-order valence-corrected chi connectivity index (χ2v) is 7.68. The summed E-state index contributed by atoms with van der Waals surface area (Å²) in [6.45, 7) is 1.84. The molecule has 1 unspecified atom stereocenters. The first-order chi connectivity index (χ1) is 10.8. The van der Waals surface area contributed by atoms with Gasteiger partial charge in [-0.25, -0.2) is 8.42 Å². The molecule has 0 bridgehead atoms. The standard InChI is InChI=1S/C16H20ClN3O2S/c1-16(18,15-8-2-3-10-19-15)13-6-4-7-14(12-13)20-23(21,22)11-5-9-17/h2-4,6-8,10,12,20H,5,9,11,18H2,1H3. The summed E-state index contributed by atoms with van der Waals surface area (Å²) < 4.78 is 26.5. The Morgan fingerprint density at radius 2 is 2.04 bits per heavy atom. The van der Waals surface area contributed by atoms with Crippen LogP contribution >= 0.6 is 11.6 Å². The number of aromatic nitrogens is 1. The minimum absolute atomic E-state index is 0.0130. The molecule has 0 aliphatic heterocycles. The molecule has 0 saturated heterocycles. The van der Waals surface area contributed by atoms with Crippen LogP contribution in [0.3, 0.4) is 0 Å². The van der Waals surface area contributed by atoms with Crippen LogP contribution in [0.25, 0.3) is 0 Å². The van der Waals surface area contributed by atoms with Crippen molar-refractivity contribution in [3.63, 3.8) is 0 Å². The van der Waals surface area contributed by atoms with E-state index in [-0.39, 0.29) is 5.75 Å². The number of alkyl halides is 1. The normalized spacial score (nSPS) is 14.2. The van der Waals surface area contributed by atoms with Crippen molar-refractivity contribution >= 4 is 27.3 Å². The highest BCUT2D eigenvalue weighted by molar-refractivity contribution is 7.92. The van der Waals surface area contributed by atoms with Crippen LogP contribution in [0.5, 0.6) is 0 Å². The number of pyridine rings is 1. The van der Waals surface area contributed by atoms with Gasteiger partial charge in [-0.15, -0.1) is 11.6 Å². The molecule has 7 heteroatoms. The number of hydrogen-bond acceptors (Lipinski definition) is 4. The number of benzene rings is 1. The van der Waals surface area contributed by atoms with Gasteiger partial charge >= 0.3 is 0 Å². The van der Waals surface area contributed by atoms with Crippen LogP contribution in [0.1, 0.15) is 24.6 Å². The van der Waals surface area contributed by atoms with E-state index in [2.05, 4.69) is 9.71 Å². The molecule has 1 aromatic heterocycles. The first-order valence-electron chi connectivity index (χ1n) is 7.22. The molecule has 0 spiro atoms. The quantitative estimate of drug-likeness (QED) is 0.749. The maximum absolute atomic E-state index is 12.0. The second-order valence-electron chi connectivity index (χ2n) is 5.46. The van der Waals surface area contributed by atoms with Crippen LogP contribution in [0, 0.1) is 0 Å². The maximum atomic E-state index is 12.0. The number of nitrogens with zero attached hydrogens (tertiary/aromatic N) is 1. The van der Waals surface area contributed by atoms with Gasteiger partial charge < -0.3 is 5.73 Å². The number of nitrogens with one attached hydrogen (secondary N) is 1. The zero-order chi connectivity index (χ0) is 16.9. The van der Waals surface area contributed by atoms with Crippen molar-refractivity contribution in [1.29, 1.82) is 0 Å². The van der Waals surface area contributed by atoms with Gasteiger partial charge in [-0.05, 0) is 43.2 Å². The van der Waals surface area contributed by atoms with Gasteiger partial charge in [-0.2, -0.15) is 0 Å². The fraction of sp³-hybridized carbons (Fsp3) is 0.312. The third kappa shape index (κ3) is 4.67. The van der Waals surface area contributed by atoms with Crippen molar-refractivity contribution in [3.8, 4) is 0 Å². The van der Waals surface area contributed by atoms with Crippen LogP contribution in [0.4, 0.5) is 5.69 Å². The molecule has 1 aromatic carbocycles. The molecule has 2 rings (SSSR count). The van der Waals surface area contributed by atoms with E-state index < -0.39 is 15.6 Å². The van der Waals surface area contributed by atoms with Crippen molar-refractivity contribution in [3.05, 3.63) is 59.9 Å². The molecule has 3 N–H and O–H groups in total. The van der Waals surface area contributed by atoms with Gasteiger partial charge in [0.1, 0.15) is 0 Å². The molecule has 1 atom stereocenters. The smallest absolute Gasteiger partial charge is 0.232 e. The Morgan fingerprint density at radius 1 is 1.26 bits per heavy atom. The van der Waals surface area contributed by atoms with E-state index in [0.29, 0.717) is 23.7 Å². The SMILES string of the molecule is CC(N)(c1cccc(NS(=O)(=O)CCCCl)c1)c1ccccn1. The topological polar surface area (TPSA) is 85.1 Å². The minimum Gasteiger partial charge on any atom is -0.317 e. The van der Waals surface area contributed by atoms with Crippen LogP contribution in [0.15, 0.2) is 48.7 Å². The highest BCUT2D eigenvalue weighted by Gasteiger charge is 2.25. The highest BCUT2D eigenvalue weighted by atomic mass is 35.5. The number of sulfonamides is 1. The number of rotatable bonds is 7. The van der Waals surface area contributed by atoms with Crippen molar-refractivity contribution in [1.82, 2.24) is 4.98 Å². The lowest BCUT2D eigenvalue weighted by atomic mass is 9.89. The number of hydrogen-bond donors (Lipinski definition) is 2. The molecule has 0 radical (unpaired) electrons. The van der Waals surface area contributed by atoms with Crippen LogP contribution in [-0.2, 0) is 15.6 Å². The summed E-state index contributed by atoms with van der Waals surface area (Å²) in [6, 6.07) is 12.6. The summed E-state index contributed by atoms with van der Waals surface area (Å²) >= 11 is 5.55. The Balaban J connectivity index is 2.26. The number of anilines is 1. The third-order valence-electron chi connectivity index (χ3n) is 3.48. The summed E-state index contributed by atoms with van der Waals surface area (Å²) in [4.78, 5) is 4.29. The summed E-state index contributed by atoms with van der Waals surface area (Å²) in [5, 5.41) is 0. The fourth-order valence-electron chi connectivity index (χ4n) is 2.20.